The number of aromatic nitrogens is 3. The molecule has 3 aromatic rings. The number of hydrogen-bond donors (Lipinski definition) is 1. The molecule has 0 saturated heterocycles. The van der Waals surface area contributed by atoms with E-state index in [0.29, 0.717) is 21.8 Å². The van der Waals surface area contributed by atoms with Gasteiger partial charge in [-0.1, -0.05) is 0 Å². The molecule has 3 rings (SSSR count). The van der Waals surface area contributed by atoms with E-state index < -0.39 is 0 Å². The third-order valence-electron chi connectivity index (χ3n) is 3.74. The summed E-state index contributed by atoms with van der Waals surface area (Å²) in [5.41, 5.74) is 0.723. The van der Waals surface area contributed by atoms with Crippen LogP contribution in [0.25, 0.3) is 21.8 Å². The summed E-state index contributed by atoms with van der Waals surface area (Å²) in [5.74, 6) is 0. The number of pyridine rings is 3. The molecule has 3 aromatic heterocycles. The second kappa shape index (κ2) is 5.38. The fourth-order valence-electron chi connectivity index (χ4n) is 2.57. The summed E-state index contributed by atoms with van der Waals surface area (Å²) >= 11 is 0. The molecule has 0 aromatic carbocycles. The Labute approximate surface area is 126 Å². The lowest BCUT2D eigenvalue weighted by Crippen LogP contribution is -2.23. The van der Waals surface area contributed by atoms with E-state index in [0.717, 1.165) is 0 Å². The SMILES string of the molecule is CC(C)n1ccc2nc3ccn(CCO)c(=O)c3cc2c1=O. The Morgan fingerprint density at radius 1 is 1.09 bits per heavy atom. The Bertz CT molecular complexity index is 970. The lowest BCUT2D eigenvalue weighted by molar-refractivity contribution is 0.274. The second-order valence-corrected chi connectivity index (χ2v) is 5.51. The van der Waals surface area contributed by atoms with Crippen molar-refractivity contribution in [1.29, 1.82) is 0 Å². The Morgan fingerprint density at radius 2 is 1.73 bits per heavy atom. The molecule has 0 saturated carbocycles. The molecule has 0 atom stereocenters. The Balaban J connectivity index is 2.38. The van der Waals surface area contributed by atoms with Gasteiger partial charge in [-0.2, -0.15) is 0 Å². The van der Waals surface area contributed by atoms with Gasteiger partial charge in [0.25, 0.3) is 11.1 Å². The average Bonchev–Trinajstić information content (AvgIpc) is 2.49. The van der Waals surface area contributed by atoms with Crippen LogP contribution in [0.4, 0.5) is 0 Å². The van der Waals surface area contributed by atoms with E-state index in [4.69, 9.17) is 5.11 Å². The summed E-state index contributed by atoms with van der Waals surface area (Å²) in [6, 6.07) is 5.15. The van der Waals surface area contributed by atoms with Crippen molar-refractivity contribution in [3.8, 4) is 0 Å². The maximum absolute atomic E-state index is 12.5. The van der Waals surface area contributed by atoms with Crippen LogP contribution in [0.2, 0.25) is 0 Å². The monoisotopic (exact) mass is 299 g/mol. The van der Waals surface area contributed by atoms with Gasteiger partial charge in [0, 0.05) is 25.0 Å². The minimum absolute atomic E-state index is 0.0365. The highest BCUT2D eigenvalue weighted by Crippen LogP contribution is 2.15. The van der Waals surface area contributed by atoms with Gasteiger partial charge in [0.2, 0.25) is 0 Å². The maximum atomic E-state index is 12.5. The van der Waals surface area contributed by atoms with Gasteiger partial charge < -0.3 is 14.2 Å². The highest BCUT2D eigenvalue weighted by atomic mass is 16.3. The highest BCUT2D eigenvalue weighted by molar-refractivity contribution is 5.91. The molecule has 0 bridgehead atoms. The molecule has 22 heavy (non-hydrogen) atoms. The molecule has 0 unspecified atom stereocenters. The van der Waals surface area contributed by atoms with Crippen molar-refractivity contribution in [2.24, 2.45) is 0 Å². The van der Waals surface area contributed by atoms with Gasteiger partial charge in [0.15, 0.2) is 0 Å². The van der Waals surface area contributed by atoms with E-state index in [2.05, 4.69) is 4.98 Å². The van der Waals surface area contributed by atoms with Crippen molar-refractivity contribution in [1.82, 2.24) is 14.1 Å². The highest BCUT2D eigenvalue weighted by Gasteiger charge is 2.10. The number of nitrogens with zero attached hydrogens (tertiary/aromatic N) is 3. The minimum atomic E-state index is -0.250. The zero-order valence-corrected chi connectivity index (χ0v) is 12.5. The van der Waals surface area contributed by atoms with Crippen molar-refractivity contribution in [3.63, 3.8) is 0 Å². The zero-order chi connectivity index (χ0) is 15.9. The second-order valence-electron chi connectivity index (χ2n) is 5.51. The Morgan fingerprint density at radius 3 is 2.36 bits per heavy atom. The molecule has 0 aliphatic carbocycles. The topological polar surface area (TPSA) is 77.1 Å². The fourth-order valence-corrected chi connectivity index (χ4v) is 2.57. The molecule has 0 amide bonds. The minimum Gasteiger partial charge on any atom is -0.395 e. The lowest BCUT2D eigenvalue weighted by Gasteiger charge is -2.11. The molecule has 1 N–H and O–H groups in total. The van der Waals surface area contributed by atoms with Crippen molar-refractivity contribution < 1.29 is 5.11 Å². The molecule has 0 aliphatic rings. The first-order valence-corrected chi connectivity index (χ1v) is 7.19. The van der Waals surface area contributed by atoms with Gasteiger partial charge in [0.1, 0.15) is 0 Å². The summed E-state index contributed by atoms with van der Waals surface area (Å²) in [4.78, 5) is 29.3. The van der Waals surface area contributed by atoms with E-state index in [9.17, 15) is 9.59 Å². The van der Waals surface area contributed by atoms with Crippen LogP contribution in [0.3, 0.4) is 0 Å². The van der Waals surface area contributed by atoms with Gasteiger partial charge in [-0.15, -0.1) is 0 Å². The Kier molecular flexibility index (Phi) is 3.54. The van der Waals surface area contributed by atoms with E-state index in [1.54, 1.807) is 35.2 Å². The molecule has 114 valence electrons. The molecular weight excluding hydrogens is 282 g/mol. The largest absolute Gasteiger partial charge is 0.395 e. The summed E-state index contributed by atoms with van der Waals surface area (Å²) in [7, 11) is 0. The van der Waals surface area contributed by atoms with Gasteiger partial charge in [0.05, 0.1) is 28.4 Å². The van der Waals surface area contributed by atoms with Gasteiger partial charge in [-0.05, 0) is 32.0 Å². The number of hydrogen-bond acceptors (Lipinski definition) is 4. The average molecular weight is 299 g/mol. The van der Waals surface area contributed by atoms with Crippen LogP contribution >= 0.6 is 0 Å². The lowest BCUT2D eigenvalue weighted by atomic mass is 10.2. The van der Waals surface area contributed by atoms with E-state index >= 15 is 0 Å². The normalized spacial score (nSPS) is 11.6. The first kappa shape index (κ1) is 14.5. The number of fused-ring (bicyclic) bond motifs is 2. The van der Waals surface area contributed by atoms with Crippen LogP contribution in [-0.2, 0) is 6.54 Å². The van der Waals surface area contributed by atoms with E-state index in [1.807, 2.05) is 13.8 Å². The van der Waals surface area contributed by atoms with Crippen molar-refractivity contribution in [2.75, 3.05) is 6.61 Å². The maximum Gasteiger partial charge on any atom is 0.260 e. The quantitative estimate of drug-likeness (QED) is 0.739. The molecular formula is C16H17N3O3. The van der Waals surface area contributed by atoms with Crippen LogP contribution in [0.1, 0.15) is 19.9 Å². The predicted octanol–water partition coefficient (Wildman–Crippen LogP) is 1.28. The zero-order valence-electron chi connectivity index (χ0n) is 12.5. The van der Waals surface area contributed by atoms with Crippen LogP contribution in [0, 0.1) is 0 Å². The standard InChI is InChI=1S/C16H17N3O3/c1-10(2)19-6-4-14-12(16(19)22)9-11-13(17-14)3-5-18(7-8-20)15(11)21/h3-6,9-10,20H,7-8H2,1-2H3. The number of aliphatic hydroxyl groups is 1. The summed E-state index contributed by atoms with van der Waals surface area (Å²) in [6.45, 7) is 3.95. The summed E-state index contributed by atoms with van der Waals surface area (Å²) in [5, 5.41) is 9.82. The third-order valence-corrected chi connectivity index (χ3v) is 3.74. The molecule has 0 fully saturated rings. The van der Waals surface area contributed by atoms with Gasteiger partial charge >= 0.3 is 0 Å². The first-order chi connectivity index (χ1) is 10.5. The smallest absolute Gasteiger partial charge is 0.260 e. The molecule has 6 nitrogen and oxygen atoms in total. The molecule has 6 heteroatoms. The van der Waals surface area contributed by atoms with Gasteiger partial charge in [-0.25, -0.2) is 4.98 Å². The number of aliphatic hydroxyl groups excluding tert-OH is 1. The van der Waals surface area contributed by atoms with Crippen LogP contribution in [0.15, 0.2) is 40.2 Å². The van der Waals surface area contributed by atoms with E-state index in [1.165, 1.54) is 4.57 Å². The summed E-state index contributed by atoms with van der Waals surface area (Å²) in [6.07, 6.45) is 3.33. The van der Waals surface area contributed by atoms with Gasteiger partial charge in [-0.3, -0.25) is 9.59 Å². The van der Waals surface area contributed by atoms with Crippen molar-refractivity contribution in [3.05, 3.63) is 51.3 Å². The van der Waals surface area contributed by atoms with Crippen LogP contribution in [0.5, 0.6) is 0 Å². The van der Waals surface area contributed by atoms with Crippen molar-refractivity contribution in [2.45, 2.75) is 26.4 Å². The van der Waals surface area contributed by atoms with Crippen molar-refractivity contribution >= 4 is 21.8 Å². The molecule has 3 heterocycles. The number of rotatable bonds is 3. The fraction of sp³-hybridized carbons (Fsp3) is 0.312. The third kappa shape index (κ3) is 2.21. The molecule has 0 aliphatic heterocycles. The van der Waals surface area contributed by atoms with E-state index in [-0.39, 0.29) is 30.3 Å². The van der Waals surface area contributed by atoms with Crippen LogP contribution in [-0.4, -0.2) is 25.8 Å². The summed E-state index contributed by atoms with van der Waals surface area (Å²) < 4.78 is 3.03. The first-order valence-electron chi connectivity index (χ1n) is 7.19. The molecule has 0 radical (unpaired) electrons. The Hall–Kier alpha value is -2.47. The molecule has 0 spiro atoms. The predicted molar refractivity (Wildman–Crippen MR) is 85.2 cm³/mol. The van der Waals surface area contributed by atoms with Crippen LogP contribution < -0.4 is 11.1 Å².